The molecule has 1 unspecified atom stereocenters. The largest absolute Gasteiger partial charge is 0.330 e. The zero-order chi connectivity index (χ0) is 15.4. The number of halogens is 1. The van der Waals surface area contributed by atoms with Gasteiger partial charge >= 0.3 is 0 Å². The Hall–Kier alpha value is -1.81. The Labute approximate surface area is 125 Å². The summed E-state index contributed by atoms with van der Waals surface area (Å²) in [5, 5.41) is 0. The van der Waals surface area contributed by atoms with E-state index in [1.807, 2.05) is 19.9 Å². The summed E-state index contributed by atoms with van der Waals surface area (Å²) < 4.78 is 13.2. The minimum Gasteiger partial charge on any atom is -0.330 e. The average Bonchev–Trinajstić information content (AvgIpc) is 2.42. The predicted octanol–water partition coefficient (Wildman–Crippen LogP) is 2.96. The average molecular weight is 287 g/mol. The van der Waals surface area contributed by atoms with E-state index in [1.165, 1.54) is 17.7 Å². The lowest BCUT2D eigenvalue weighted by atomic mass is 9.99. The first kappa shape index (κ1) is 15.6. The molecule has 1 aromatic carbocycles. The van der Waals surface area contributed by atoms with Crippen LogP contribution in [0.3, 0.4) is 0 Å². The molecule has 21 heavy (non-hydrogen) atoms. The molecule has 112 valence electrons. The third kappa shape index (κ3) is 4.08. The molecule has 0 fully saturated rings. The third-order valence-electron chi connectivity index (χ3n) is 3.67. The normalized spacial score (nSPS) is 12.4. The van der Waals surface area contributed by atoms with Gasteiger partial charge in [-0.15, -0.1) is 0 Å². The van der Waals surface area contributed by atoms with Crippen LogP contribution in [0, 0.1) is 25.6 Å². The van der Waals surface area contributed by atoms with Crippen LogP contribution in [-0.4, -0.2) is 16.5 Å². The van der Waals surface area contributed by atoms with Crippen molar-refractivity contribution >= 4 is 0 Å². The molecular weight excluding hydrogens is 265 g/mol. The molecule has 4 heteroatoms. The standard InChI is InChI=1S/C17H22FN3/c1-11(10-19)7-16-12(2)20-17(21-13(16)3)9-14-5-4-6-15(18)8-14/h4-6,8,11H,7,9-10,19H2,1-3H3. The quantitative estimate of drug-likeness (QED) is 0.920. The molecule has 1 atom stereocenters. The summed E-state index contributed by atoms with van der Waals surface area (Å²) in [6.07, 6.45) is 1.45. The SMILES string of the molecule is Cc1nc(Cc2cccc(F)c2)nc(C)c1CC(C)CN. The number of hydrogen-bond acceptors (Lipinski definition) is 3. The van der Waals surface area contributed by atoms with E-state index in [0.29, 0.717) is 18.9 Å². The smallest absolute Gasteiger partial charge is 0.133 e. The van der Waals surface area contributed by atoms with Crippen LogP contribution >= 0.6 is 0 Å². The second-order valence-corrected chi connectivity index (χ2v) is 5.64. The molecule has 0 saturated heterocycles. The van der Waals surface area contributed by atoms with Gasteiger partial charge in [-0.1, -0.05) is 19.1 Å². The number of benzene rings is 1. The van der Waals surface area contributed by atoms with Crippen molar-refractivity contribution in [1.29, 1.82) is 0 Å². The summed E-state index contributed by atoms with van der Waals surface area (Å²) in [6.45, 7) is 6.79. The highest BCUT2D eigenvalue weighted by molar-refractivity contribution is 5.27. The predicted molar refractivity (Wildman–Crippen MR) is 82.6 cm³/mol. The first-order valence-electron chi connectivity index (χ1n) is 7.27. The molecule has 0 aliphatic heterocycles. The fraction of sp³-hybridized carbons (Fsp3) is 0.412. The van der Waals surface area contributed by atoms with Crippen LogP contribution in [0.4, 0.5) is 4.39 Å². The lowest BCUT2D eigenvalue weighted by molar-refractivity contribution is 0.584. The Morgan fingerprint density at radius 3 is 2.43 bits per heavy atom. The van der Waals surface area contributed by atoms with Crippen molar-refractivity contribution in [1.82, 2.24) is 9.97 Å². The maximum absolute atomic E-state index is 13.2. The number of aromatic nitrogens is 2. The molecule has 1 aromatic heterocycles. The molecule has 0 radical (unpaired) electrons. The van der Waals surface area contributed by atoms with E-state index in [9.17, 15) is 4.39 Å². The fourth-order valence-electron chi connectivity index (χ4n) is 2.44. The van der Waals surface area contributed by atoms with Gasteiger partial charge in [-0.05, 0) is 56.0 Å². The third-order valence-corrected chi connectivity index (χ3v) is 3.67. The van der Waals surface area contributed by atoms with Gasteiger partial charge in [0.2, 0.25) is 0 Å². The van der Waals surface area contributed by atoms with E-state index in [1.54, 1.807) is 6.07 Å². The van der Waals surface area contributed by atoms with Gasteiger partial charge < -0.3 is 5.73 Å². The number of hydrogen-bond donors (Lipinski definition) is 1. The van der Waals surface area contributed by atoms with Crippen LogP contribution < -0.4 is 5.73 Å². The molecule has 3 nitrogen and oxygen atoms in total. The van der Waals surface area contributed by atoms with Crippen LogP contribution in [0.25, 0.3) is 0 Å². The Morgan fingerprint density at radius 1 is 1.19 bits per heavy atom. The lowest BCUT2D eigenvalue weighted by Gasteiger charge is -2.14. The molecule has 1 heterocycles. The summed E-state index contributed by atoms with van der Waals surface area (Å²) >= 11 is 0. The van der Waals surface area contributed by atoms with Gasteiger partial charge in [-0.25, -0.2) is 14.4 Å². The second kappa shape index (κ2) is 6.76. The van der Waals surface area contributed by atoms with Gasteiger partial charge in [0.05, 0.1) is 0 Å². The molecule has 0 bridgehead atoms. The van der Waals surface area contributed by atoms with Crippen molar-refractivity contribution in [3.8, 4) is 0 Å². The zero-order valence-electron chi connectivity index (χ0n) is 12.9. The van der Waals surface area contributed by atoms with Gasteiger partial charge in [0.25, 0.3) is 0 Å². The van der Waals surface area contributed by atoms with Gasteiger partial charge in [-0.3, -0.25) is 0 Å². The zero-order valence-corrected chi connectivity index (χ0v) is 12.9. The Kier molecular flexibility index (Phi) is 5.02. The van der Waals surface area contributed by atoms with E-state index >= 15 is 0 Å². The number of nitrogens with zero attached hydrogens (tertiary/aromatic N) is 2. The van der Waals surface area contributed by atoms with Crippen LogP contribution in [-0.2, 0) is 12.8 Å². The van der Waals surface area contributed by atoms with E-state index in [2.05, 4.69) is 16.9 Å². The first-order valence-corrected chi connectivity index (χ1v) is 7.27. The maximum Gasteiger partial charge on any atom is 0.133 e. The highest BCUT2D eigenvalue weighted by Crippen LogP contribution is 2.16. The molecule has 0 aliphatic rings. The molecule has 0 amide bonds. The van der Waals surface area contributed by atoms with Crippen LogP contribution in [0.1, 0.15) is 35.3 Å². The van der Waals surface area contributed by atoms with Crippen molar-refractivity contribution in [3.05, 3.63) is 58.4 Å². The number of aryl methyl sites for hydroxylation is 2. The highest BCUT2D eigenvalue weighted by Gasteiger charge is 2.12. The van der Waals surface area contributed by atoms with E-state index in [4.69, 9.17) is 5.73 Å². The van der Waals surface area contributed by atoms with Crippen molar-refractivity contribution in [2.45, 2.75) is 33.6 Å². The lowest BCUT2D eigenvalue weighted by Crippen LogP contribution is -2.16. The summed E-state index contributed by atoms with van der Waals surface area (Å²) in [6, 6.07) is 6.57. The Morgan fingerprint density at radius 2 is 1.86 bits per heavy atom. The number of rotatable bonds is 5. The monoisotopic (exact) mass is 287 g/mol. The van der Waals surface area contributed by atoms with Crippen molar-refractivity contribution in [2.75, 3.05) is 6.54 Å². The van der Waals surface area contributed by atoms with Crippen molar-refractivity contribution in [3.63, 3.8) is 0 Å². The molecule has 2 N–H and O–H groups in total. The van der Waals surface area contributed by atoms with E-state index in [0.717, 1.165) is 29.2 Å². The summed E-state index contributed by atoms with van der Waals surface area (Å²) in [7, 11) is 0. The van der Waals surface area contributed by atoms with Gasteiger partial charge in [0, 0.05) is 17.8 Å². The van der Waals surface area contributed by atoms with Crippen LogP contribution in [0.2, 0.25) is 0 Å². The minimum absolute atomic E-state index is 0.227. The molecule has 0 spiro atoms. The Bertz CT molecular complexity index is 602. The Balaban J connectivity index is 2.23. The first-order chi connectivity index (χ1) is 9.99. The second-order valence-electron chi connectivity index (χ2n) is 5.64. The van der Waals surface area contributed by atoms with Gasteiger partial charge in [0.15, 0.2) is 0 Å². The van der Waals surface area contributed by atoms with Crippen molar-refractivity contribution < 1.29 is 4.39 Å². The van der Waals surface area contributed by atoms with Gasteiger partial charge in [0.1, 0.15) is 11.6 Å². The minimum atomic E-state index is -0.227. The molecule has 2 aromatic rings. The van der Waals surface area contributed by atoms with Crippen molar-refractivity contribution in [2.24, 2.45) is 11.7 Å². The van der Waals surface area contributed by atoms with Crippen LogP contribution in [0.5, 0.6) is 0 Å². The van der Waals surface area contributed by atoms with E-state index in [-0.39, 0.29) is 5.82 Å². The molecule has 0 aliphatic carbocycles. The summed E-state index contributed by atoms with van der Waals surface area (Å²) in [5.74, 6) is 0.925. The molecule has 2 rings (SSSR count). The van der Waals surface area contributed by atoms with Crippen LogP contribution in [0.15, 0.2) is 24.3 Å². The summed E-state index contributed by atoms with van der Waals surface area (Å²) in [5.41, 5.74) is 9.74. The summed E-state index contributed by atoms with van der Waals surface area (Å²) in [4.78, 5) is 9.14. The molecular formula is C17H22FN3. The number of nitrogens with two attached hydrogens (primary N) is 1. The molecule has 0 saturated carbocycles. The fourth-order valence-corrected chi connectivity index (χ4v) is 2.44. The highest BCUT2D eigenvalue weighted by atomic mass is 19.1. The van der Waals surface area contributed by atoms with E-state index < -0.39 is 0 Å². The van der Waals surface area contributed by atoms with Gasteiger partial charge in [-0.2, -0.15) is 0 Å². The maximum atomic E-state index is 13.2. The topological polar surface area (TPSA) is 51.8 Å².